The number of guanidine groups is 1. The molecule has 1 aliphatic heterocycles. The largest absolute Gasteiger partial charge is 0.488 e. The van der Waals surface area contributed by atoms with Gasteiger partial charge in [-0.1, -0.05) is 31.0 Å². The Bertz CT molecular complexity index is 572. The molecule has 1 fully saturated rings. The summed E-state index contributed by atoms with van der Waals surface area (Å²) in [5, 5.41) is 6.85. The second kappa shape index (κ2) is 9.26. The van der Waals surface area contributed by atoms with E-state index in [1.54, 1.807) is 7.11 Å². The topological polar surface area (TPSA) is 54.9 Å². The van der Waals surface area contributed by atoms with Crippen molar-refractivity contribution in [1.82, 2.24) is 10.6 Å². The Hall–Kier alpha value is -1.75. The molecular formula is C21H33N3O2. The molecule has 26 heavy (non-hydrogen) atoms. The SMILES string of the molecule is CCNC(=NCC1(CCOC)CCCC1)NCC1Cc2ccccc2O1. The van der Waals surface area contributed by atoms with Gasteiger partial charge in [-0.15, -0.1) is 0 Å². The molecule has 1 atom stereocenters. The van der Waals surface area contributed by atoms with Crippen molar-refractivity contribution in [1.29, 1.82) is 0 Å². The summed E-state index contributed by atoms with van der Waals surface area (Å²) >= 11 is 0. The quantitative estimate of drug-likeness (QED) is 0.553. The number of para-hydroxylation sites is 1. The van der Waals surface area contributed by atoms with Gasteiger partial charge >= 0.3 is 0 Å². The van der Waals surface area contributed by atoms with Crippen LogP contribution in [-0.2, 0) is 11.2 Å². The molecule has 2 N–H and O–H groups in total. The molecule has 5 heteroatoms. The lowest BCUT2D eigenvalue weighted by Crippen LogP contribution is -2.43. The van der Waals surface area contributed by atoms with Crippen LogP contribution in [0.1, 0.15) is 44.6 Å². The van der Waals surface area contributed by atoms with Gasteiger partial charge in [-0.05, 0) is 43.2 Å². The van der Waals surface area contributed by atoms with Crippen molar-refractivity contribution >= 4 is 5.96 Å². The first-order valence-corrected chi connectivity index (χ1v) is 10.0. The Balaban J connectivity index is 1.54. The third kappa shape index (κ3) is 4.91. The molecule has 0 bridgehead atoms. The van der Waals surface area contributed by atoms with Gasteiger partial charge in [0.15, 0.2) is 5.96 Å². The number of nitrogens with zero attached hydrogens (tertiary/aromatic N) is 1. The molecule has 1 saturated carbocycles. The fourth-order valence-corrected chi connectivity index (χ4v) is 4.10. The Morgan fingerprint density at radius 2 is 2.08 bits per heavy atom. The fraction of sp³-hybridized carbons (Fsp3) is 0.667. The van der Waals surface area contributed by atoms with E-state index in [1.165, 1.54) is 31.2 Å². The maximum atomic E-state index is 6.02. The Morgan fingerprint density at radius 3 is 2.81 bits per heavy atom. The highest BCUT2D eigenvalue weighted by Crippen LogP contribution is 2.41. The van der Waals surface area contributed by atoms with Crippen molar-refractivity contribution in [2.75, 3.05) is 33.4 Å². The number of hydrogen-bond donors (Lipinski definition) is 2. The van der Waals surface area contributed by atoms with Crippen LogP contribution in [0.15, 0.2) is 29.3 Å². The van der Waals surface area contributed by atoms with Gasteiger partial charge in [0.2, 0.25) is 0 Å². The third-order valence-corrected chi connectivity index (χ3v) is 5.63. The highest BCUT2D eigenvalue weighted by Gasteiger charge is 2.33. The van der Waals surface area contributed by atoms with Crippen molar-refractivity contribution < 1.29 is 9.47 Å². The molecule has 0 spiro atoms. The van der Waals surface area contributed by atoms with Crippen molar-refractivity contribution in [3.8, 4) is 5.75 Å². The molecule has 144 valence electrons. The van der Waals surface area contributed by atoms with Crippen LogP contribution < -0.4 is 15.4 Å². The predicted octanol–water partition coefficient (Wildman–Crippen LogP) is 3.14. The lowest BCUT2D eigenvalue weighted by atomic mass is 9.83. The number of ether oxygens (including phenoxy) is 2. The lowest BCUT2D eigenvalue weighted by molar-refractivity contribution is 0.141. The summed E-state index contributed by atoms with van der Waals surface area (Å²) in [7, 11) is 1.79. The van der Waals surface area contributed by atoms with E-state index in [0.717, 1.165) is 50.8 Å². The monoisotopic (exact) mass is 359 g/mol. The molecule has 3 rings (SSSR count). The average Bonchev–Trinajstić information content (AvgIpc) is 3.29. The minimum atomic E-state index is 0.171. The van der Waals surface area contributed by atoms with E-state index >= 15 is 0 Å². The van der Waals surface area contributed by atoms with Crippen LogP contribution in [0.3, 0.4) is 0 Å². The van der Waals surface area contributed by atoms with E-state index in [9.17, 15) is 0 Å². The summed E-state index contributed by atoms with van der Waals surface area (Å²) < 4.78 is 11.4. The Labute approximate surface area is 157 Å². The van der Waals surface area contributed by atoms with Crippen LogP contribution in [-0.4, -0.2) is 45.4 Å². The van der Waals surface area contributed by atoms with E-state index in [-0.39, 0.29) is 6.10 Å². The smallest absolute Gasteiger partial charge is 0.191 e. The summed E-state index contributed by atoms with van der Waals surface area (Å²) in [5.74, 6) is 1.92. The standard InChI is InChI=1S/C21H33N3O2/c1-3-22-20(24-16-21(12-13-25-2)10-6-7-11-21)23-15-18-14-17-8-4-5-9-19(17)26-18/h4-5,8-9,18H,3,6-7,10-16H2,1-2H3,(H2,22,23,24). The molecule has 2 aliphatic rings. The number of benzene rings is 1. The van der Waals surface area contributed by atoms with Gasteiger partial charge in [0, 0.05) is 33.2 Å². The van der Waals surface area contributed by atoms with Gasteiger partial charge in [0.1, 0.15) is 11.9 Å². The molecule has 1 aromatic carbocycles. The third-order valence-electron chi connectivity index (χ3n) is 5.63. The maximum absolute atomic E-state index is 6.02. The summed E-state index contributed by atoms with van der Waals surface area (Å²) in [6, 6.07) is 8.30. The number of fused-ring (bicyclic) bond motifs is 1. The summed E-state index contributed by atoms with van der Waals surface area (Å²) in [6.45, 7) is 5.44. The number of hydrogen-bond acceptors (Lipinski definition) is 3. The first kappa shape index (κ1) is 19.0. The summed E-state index contributed by atoms with van der Waals surface area (Å²) in [5.41, 5.74) is 1.61. The van der Waals surface area contributed by atoms with E-state index < -0.39 is 0 Å². The van der Waals surface area contributed by atoms with Crippen LogP contribution in [0.2, 0.25) is 0 Å². The van der Waals surface area contributed by atoms with Gasteiger partial charge in [-0.3, -0.25) is 4.99 Å². The second-order valence-electron chi connectivity index (χ2n) is 7.58. The zero-order chi connectivity index (χ0) is 18.2. The van der Waals surface area contributed by atoms with Gasteiger partial charge < -0.3 is 20.1 Å². The molecule has 0 radical (unpaired) electrons. The Morgan fingerprint density at radius 1 is 1.27 bits per heavy atom. The molecule has 1 aliphatic carbocycles. The molecule has 1 unspecified atom stereocenters. The number of methoxy groups -OCH3 is 1. The first-order valence-electron chi connectivity index (χ1n) is 10.0. The minimum Gasteiger partial charge on any atom is -0.488 e. The van der Waals surface area contributed by atoms with Crippen LogP contribution in [0.25, 0.3) is 0 Å². The molecule has 1 aromatic rings. The fourth-order valence-electron chi connectivity index (χ4n) is 4.10. The molecule has 0 amide bonds. The van der Waals surface area contributed by atoms with Crippen LogP contribution in [0.5, 0.6) is 5.75 Å². The number of aliphatic imine (C=N–C) groups is 1. The van der Waals surface area contributed by atoms with E-state index in [4.69, 9.17) is 14.5 Å². The van der Waals surface area contributed by atoms with Crippen molar-refractivity contribution in [2.24, 2.45) is 10.4 Å². The number of rotatable bonds is 8. The van der Waals surface area contributed by atoms with E-state index in [0.29, 0.717) is 5.41 Å². The van der Waals surface area contributed by atoms with Crippen LogP contribution in [0.4, 0.5) is 0 Å². The second-order valence-corrected chi connectivity index (χ2v) is 7.58. The van der Waals surface area contributed by atoms with Gasteiger partial charge in [-0.2, -0.15) is 0 Å². The average molecular weight is 360 g/mol. The molecule has 5 nitrogen and oxygen atoms in total. The highest BCUT2D eigenvalue weighted by molar-refractivity contribution is 5.79. The minimum absolute atomic E-state index is 0.171. The van der Waals surface area contributed by atoms with E-state index in [1.807, 2.05) is 12.1 Å². The zero-order valence-electron chi connectivity index (χ0n) is 16.2. The van der Waals surface area contributed by atoms with Crippen LogP contribution >= 0.6 is 0 Å². The highest BCUT2D eigenvalue weighted by atomic mass is 16.5. The molecule has 0 aromatic heterocycles. The first-order chi connectivity index (χ1) is 12.7. The predicted molar refractivity (Wildman–Crippen MR) is 106 cm³/mol. The van der Waals surface area contributed by atoms with Crippen molar-refractivity contribution in [3.05, 3.63) is 29.8 Å². The van der Waals surface area contributed by atoms with Gasteiger partial charge in [0.05, 0.1) is 6.54 Å². The van der Waals surface area contributed by atoms with Crippen molar-refractivity contribution in [2.45, 2.75) is 51.6 Å². The lowest BCUT2D eigenvalue weighted by Gasteiger charge is -2.27. The summed E-state index contributed by atoms with van der Waals surface area (Å²) in [4.78, 5) is 4.91. The molecule has 0 saturated heterocycles. The van der Waals surface area contributed by atoms with Crippen LogP contribution in [0, 0.1) is 5.41 Å². The van der Waals surface area contributed by atoms with Gasteiger partial charge in [0.25, 0.3) is 0 Å². The Kier molecular flexibility index (Phi) is 6.78. The number of nitrogens with one attached hydrogen (secondary N) is 2. The molecule has 1 heterocycles. The van der Waals surface area contributed by atoms with Crippen molar-refractivity contribution in [3.63, 3.8) is 0 Å². The van der Waals surface area contributed by atoms with Gasteiger partial charge in [-0.25, -0.2) is 0 Å². The molecular weight excluding hydrogens is 326 g/mol. The normalized spacial score (nSPS) is 21.3. The maximum Gasteiger partial charge on any atom is 0.191 e. The zero-order valence-corrected chi connectivity index (χ0v) is 16.2. The summed E-state index contributed by atoms with van der Waals surface area (Å²) in [6.07, 6.45) is 7.40. The van der Waals surface area contributed by atoms with E-state index in [2.05, 4.69) is 29.7 Å².